The highest BCUT2D eigenvalue weighted by Gasteiger charge is 2.24. The zero-order valence-corrected chi connectivity index (χ0v) is 12.2. The third kappa shape index (κ3) is 3.81. The van der Waals surface area contributed by atoms with Crippen LogP contribution in [0.5, 0.6) is 5.75 Å². The fourth-order valence-corrected chi connectivity index (χ4v) is 3.80. The van der Waals surface area contributed by atoms with E-state index in [1.54, 1.807) is 12.1 Å². The summed E-state index contributed by atoms with van der Waals surface area (Å²) < 4.78 is 0. The molecule has 1 aromatic carbocycles. The Morgan fingerprint density at radius 3 is 3.06 bits per heavy atom. The third-order valence-corrected chi connectivity index (χ3v) is 4.88. The highest BCUT2D eigenvalue weighted by Crippen LogP contribution is 2.30. The molecule has 0 radical (unpaired) electrons. The molecule has 1 saturated carbocycles. The van der Waals surface area contributed by atoms with Gasteiger partial charge in [-0.05, 0) is 43.2 Å². The lowest BCUT2D eigenvalue weighted by Gasteiger charge is -2.14. The minimum Gasteiger partial charge on any atom is -0.508 e. The zero-order chi connectivity index (χ0) is 13.0. The second kappa shape index (κ2) is 6.69. The number of hydrogen-bond donors (Lipinski definition) is 2. The van der Waals surface area contributed by atoms with Crippen molar-refractivity contribution in [1.82, 2.24) is 5.32 Å². The molecule has 1 aromatic rings. The fraction of sp³-hybridized carbons (Fsp3) is 0.571. The van der Waals surface area contributed by atoms with Crippen molar-refractivity contribution in [3.05, 3.63) is 28.8 Å². The first-order chi connectivity index (χ1) is 8.69. The number of phenols is 1. The SMILES string of the molecule is CCSC1CCC(NCc2cc(Cl)ccc2O)C1. The molecule has 2 rings (SSSR count). The van der Waals surface area contributed by atoms with Gasteiger partial charge >= 0.3 is 0 Å². The number of aromatic hydroxyl groups is 1. The van der Waals surface area contributed by atoms with Crippen LogP contribution in [0.25, 0.3) is 0 Å². The molecule has 0 amide bonds. The molecule has 0 bridgehead atoms. The van der Waals surface area contributed by atoms with E-state index in [1.807, 2.05) is 6.07 Å². The van der Waals surface area contributed by atoms with Crippen molar-refractivity contribution in [3.8, 4) is 5.75 Å². The van der Waals surface area contributed by atoms with Gasteiger partial charge < -0.3 is 10.4 Å². The monoisotopic (exact) mass is 285 g/mol. The molecule has 18 heavy (non-hydrogen) atoms. The summed E-state index contributed by atoms with van der Waals surface area (Å²) in [5, 5.41) is 14.7. The summed E-state index contributed by atoms with van der Waals surface area (Å²) in [6, 6.07) is 5.78. The predicted molar refractivity (Wildman–Crippen MR) is 79.5 cm³/mol. The summed E-state index contributed by atoms with van der Waals surface area (Å²) >= 11 is 7.99. The van der Waals surface area contributed by atoms with Gasteiger partial charge in [0.15, 0.2) is 0 Å². The lowest BCUT2D eigenvalue weighted by Crippen LogP contribution is -2.26. The van der Waals surface area contributed by atoms with Crippen molar-refractivity contribution in [2.75, 3.05) is 5.75 Å². The molecule has 0 aliphatic heterocycles. The Labute approximate surface area is 118 Å². The van der Waals surface area contributed by atoms with Crippen LogP contribution in [0.2, 0.25) is 5.02 Å². The van der Waals surface area contributed by atoms with E-state index < -0.39 is 0 Å². The molecular formula is C14H20ClNOS. The van der Waals surface area contributed by atoms with E-state index in [9.17, 15) is 5.11 Å². The molecule has 1 aliphatic rings. The van der Waals surface area contributed by atoms with Crippen LogP contribution in [-0.2, 0) is 6.54 Å². The predicted octanol–water partition coefficient (Wildman–Crippen LogP) is 3.81. The lowest BCUT2D eigenvalue weighted by atomic mass is 10.1. The largest absolute Gasteiger partial charge is 0.508 e. The number of nitrogens with one attached hydrogen (secondary N) is 1. The summed E-state index contributed by atoms with van der Waals surface area (Å²) in [4.78, 5) is 0. The molecule has 0 spiro atoms. The van der Waals surface area contributed by atoms with Crippen LogP contribution in [0, 0.1) is 0 Å². The molecule has 0 saturated heterocycles. The smallest absolute Gasteiger partial charge is 0.120 e. The van der Waals surface area contributed by atoms with Crippen molar-refractivity contribution in [3.63, 3.8) is 0 Å². The highest BCUT2D eigenvalue weighted by atomic mass is 35.5. The molecule has 0 heterocycles. The second-order valence-electron chi connectivity index (χ2n) is 4.74. The number of benzene rings is 1. The van der Waals surface area contributed by atoms with E-state index in [1.165, 1.54) is 25.0 Å². The average molecular weight is 286 g/mol. The van der Waals surface area contributed by atoms with E-state index in [2.05, 4.69) is 24.0 Å². The molecule has 4 heteroatoms. The van der Waals surface area contributed by atoms with Crippen LogP contribution >= 0.6 is 23.4 Å². The van der Waals surface area contributed by atoms with Crippen molar-refractivity contribution in [2.24, 2.45) is 0 Å². The van der Waals surface area contributed by atoms with E-state index >= 15 is 0 Å². The maximum atomic E-state index is 9.74. The summed E-state index contributed by atoms with van der Waals surface area (Å²) in [7, 11) is 0. The first kappa shape index (κ1) is 14.0. The molecule has 1 fully saturated rings. The van der Waals surface area contributed by atoms with Gasteiger partial charge in [-0.25, -0.2) is 0 Å². The van der Waals surface area contributed by atoms with Crippen LogP contribution in [0.15, 0.2) is 18.2 Å². The fourth-order valence-electron chi connectivity index (χ4n) is 2.46. The Bertz CT molecular complexity index is 399. The summed E-state index contributed by atoms with van der Waals surface area (Å²) in [5.74, 6) is 1.52. The topological polar surface area (TPSA) is 32.3 Å². The zero-order valence-electron chi connectivity index (χ0n) is 10.7. The summed E-state index contributed by atoms with van der Waals surface area (Å²) in [5.41, 5.74) is 0.883. The maximum Gasteiger partial charge on any atom is 0.120 e. The maximum absolute atomic E-state index is 9.74. The Balaban J connectivity index is 1.83. The van der Waals surface area contributed by atoms with E-state index in [-0.39, 0.29) is 0 Å². The first-order valence-electron chi connectivity index (χ1n) is 6.51. The Morgan fingerprint density at radius 1 is 1.44 bits per heavy atom. The van der Waals surface area contributed by atoms with E-state index in [0.29, 0.717) is 23.4 Å². The lowest BCUT2D eigenvalue weighted by molar-refractivity contribution is 0.456. The van der Waals surface area contributed by atoms with Gasteiger partial charge in [0.2, 0.25) is 0 Å². The average Bonchev–Trinajstić information content (AvgIpc) is 2.79. The van der Waals surface area contributed by atoms with Crippen molar-refractivity contribution >= 4 is 23.4 Å². The van der Waals surface area contributed by atoms with Crippen LogP contribution in [0.3, 0.4) is 0 Å². The van der Waals surface area contributed by atoms with Gasteiger partial charge in [-0.15, -0.1) is 0 Å². The molecule has 2 atom stereocenters. The molecule has 100 valence electrons. The summed E-state index contributed by atoms with van der Waals surface area (Å²) in [6.07, 6.45) is 3.77. The van der Waals surface area contributed by atoms with Gasteiger partial charge in [-0.2, -0.15) is 11.8 Å². The molecular weight excluding hydrogens is 266 g/mol. The Hall–Kier alpha value is -0.380. The van der Waals surface area contributed by atoms with Gasteiger partial charge in [0, 0.05) is 28.4 Å². The Morgan fingerprint density at radius 2 is 2.28 bits per heavy atom. The van der Waals surface area contributed by atoms with Crippen LogP contribution < -0.4 is 5.32 Å². The first-order valence-corrected chi connectivity index (χ1v) is 7.94. The van der Waals surface area contributed by atoms with Crippen LogP contribution in [-0.4, -0.2) is 22.2 Å². The van der Waals surface area contributed by atoms with Gasteiger partial charge in [-0.1, -0.05) is 18.5 Å². The molecule has 0 aromatic heterocycles. The standard InChI is InChI=1S/C14H20ClNOS/c1-2-18-13-5-4-12(8-13)16-9-10-7-11(15)3-6-14(10)17/h3,6-7,12-13,16-17H,2,4-5,8-9H2,1H3. The molecule has 1 aliphatic carbocycles. The van der Waals surface area contributed by atoms with Gasteiger partial charge in [-0.3, -0.25) is 0 Å². The minimum atomic E-state index is 0.324. The normalized spacial score (nSPS) is 23.4. The minimum absolute atomic E-state index is 0.324. The van der Waals surface area contributed by atoms with Gasteiger partial charge in [0.1, 0.15) is 5.75 Å². The quantitative estimate of drug-likeness (QED) is 0.863. The number of rotatable bonds is 5. The van der Waals surface area contributed by atoms with Crippen LogP contribution in [0.4, 0.5) is 0 Å². The molecule has 2 nitrogen and oxygen atoms in total. The summed E-state index contributed by atoms with van der Waals surface area (Å²) in [6.45, 7) is 2.91. The van der Waals surface area contributed by atoms with Gasteiger partial charge in [0.25, 0.3) is 0 Å². The highest BCUT2D eigenvalue weighted by molar-refractivity contribution is 7.99. The molecule has 2 unspecified atom stereocenters. The number of hydrogen-bond acceptors (Lipinski definition) is 3. The third-order valence-electron chi connectivity index (χ3n) is 3.41. The van der Waals surface area contributed by atoms with E-state index in [4.69, 9.17) is 11.6 Å². The Kier molecular flexibility index (Phi) is 5.22. The van der Waals surface area contributed by atoms with Crippen molar-refractivity contribution in [2.45, 2.75) is 44.0 Å². The van der Waals surface area contributed by atoms with Gasteiger partial charge in [0.05, 0.1) is 0 Å². The second-order valence-corrected chi connectivity index (χ2v) is 6.76. The van der Waals surface area contributed by atoms with Crippen molar-refractivity contribution in [1.29, 1.82) is 0 Å². The van der Waals surface area contributed by atoms with Crippen molar-refractivity contribution < 1.29 is 5.11 Å². The number of phenolic OH excluding ortho intramolecular Hbond substituents is 1. The number of halogens is 1. The van der Waals surface area contributed by atoms with Crippen LogP contribution in [0.1, 0.15) is 31.7 Å². The number of thioether (sulfide) groups is 1. The molecule has 2 N–H and O–H groups in total. The van der Waals surface area contributed by atoms with E-state index in [0.717, 1.165) is 10.8 Å².